The molecule has 10 rings (SSSR count). The largest absolute Gasteiger partial charge is 0.415 e. The lowest BCUT2D eigenvalue weighted by atomic mass is 9.71. The lowest BCUT2D eigenvalue weighted by Crippen LogP contribution is -2.26. The maximum Gasteiger partial charge on any atom is 0.266 e. The van der Waals surface area contributed by atoms with Crippen LogP contribution in [0.25, 0.3) is 68.6 Å². The van der Waals surface area contributed by atoms with Gasteiger partial charge in [-0.1, -0.05) is 122 Å². The quantitative estimate of drug-likeness (QED) is 0.172. The van der Waals surface area contributed by atoms with E-state index >= 15 is 0 Å². The SMILES string of the molecule is CC(C)(C)c1ccc(-c2nnc(-c3ccc4c(n3)-c3nc(-c5nnc(-c6ccc(C(C)(C)C)cc6)o5)ccc3C43c4cc(Br)ccc4-c4ccc(Br)cc43)o2)cc1. The van der Waals surface area contributed by atoms with E-state index in [1.165, 1.54) is 11.1 Å². The lowest BCUT2D eigenvalue weighted by molar-refractivity contribution is 0.579. The molecule has 0 aliphatic heterocycles. The summed E-state index contributed by atoms with van der Waals surface area (Å²) in [6, 6.07) is 37.7. The van der Waals surface area contributed by atoms with Gasteiger partial charge in [0, 0.05) is 20.1 Å². The second kappa shape index (κ2) is 12.7. The molecule has 4 heterocycles. The van der Waals surface area contributed by atoms with Gasteiger partial charge in [0.15, 0.2) is 0 Å². The highest BCUT2D eigenvalue weighted by molar-refractivity contribution is 9.10. The van der Waals surface area contributed by atoms with Crippen LogP contribution in [-0.4, -0.2) is 30.4 Å². The van der Waals surface area contributed by atoms with Crippen molar-refractivity contribution < 1.29 is 8.83 Å². The molecule has 10 heteroatoms. The van der Waals surface area contributed by atoms with Gasteiger partial charge in [0.2, 0.25) is 11.8 Å². The van der Waals surface area contributed by atoms with Gasteiger partial charge in [0.25, 0.3) is 11.8 Å². The van der Waals surface area contributed by atoms with Crippen molar-refractivity contribution in [3.63, 3.8) is 0 Å². The summed E-state index contributed by atoms with van der Waals surface area (Å²) in [5.74, 6) is 1.50. The molecule has 0 fully saturated rings. The van der Waals surface area contributed by atoms with Crippen LogP contribution in [0.4, 0.5) is 0 Å². The molecule has 4 aromatic heterocycles. The second-order valence-electron chi connectivity index (χ2n) is 16.8. The number of pyridine rings is 2. The molecular formula is C47H36Br2N6O2. The predicted octanol–water partition coefficient (Wildman–Crippen LogP) is 12.4. The van der Waals surface area contributed by atoms with E-state index in [0.29, 0.717) is 35.0 Å². The average Bonchev–Trinajstić information content (AvgIpc) is 3.99. The van der Waals surface area contributed by atoms with Crippen LogP contribution in [-0.2, 0) is 16.2 Å². The minimum atomic E-state index is -0.705. The molecule has 0 N–H and O–H groups in total. The molecule has 57 heavy (non-hydrogen) atoms. The Kier molecular flexibility index (Phi) is 7.99. The van der Waals surface area contributed by atoms with E-state index in [9.17, 15) is 0 Å². The van der Waals surface area contributed by atoms with Crippen LogP contribution < -0.4 is 0 Å². The highest BCUT2D eigenvalue weighted by Gasteiger charge is 2.53. The number of aromatic nitrogens is 6. The highest BCUT2D eigenvalue weighted by atomic mass is 79.9. The minimum absolute atomic E-state index is 0.0328. The molecule has 0 saturated heterocycles. The summed E-state index contributed by atoms with van der Waals surface area (Å²) in [6.07, 6.45) is 0. The molecule has 2 aliphatic rings. The first-order valence-electron chi connectivity index (χ1n) is 18.8. The van der Waals surface area contributed by atoms with Crippen LogP contribution in [0.1, 0.15) is 74.9 Å². The van der Waals surface area contributed by atoms with E-state index < -0.39 is 5.41 Å². The molecule has 1 spiro atoms. The zero-order valence-corrected chi connectivity index (χ0v) is 35.3. The molecule has 0 radical (unpaired) electrons. The average molecular weight is 877 g/mol. The molecule has 0 amide bonds. The number of fused-ring (bicyclic) bond motifs is 10. The summed E-state index contributed by atoms with van der Waals surface area (Å²) in [7, 11) is 0. The van der Waals surface area contributed by atoms with Gasteiger partial charge >= 0.3 is 0 Å². The summed E-state index contributed by atoms with van der Waals surface area (Å²) in [5, 5.41) is 17.8. The van der Waals surface area contributed by atoms with E-state index in [4.69, 9.17) is 18.8 Å². The van der Waals surface area contributed by atoms with E-state index in [-0.39, 0.29) is 10.8 Å². The number of rotatable bonds is 4. The van der Waals surface area contributed by atoms with Gasteiger partial charge < -0.3 is 8.83 Å². The molecule has 280 valence electrons. The third-order valence-electron chi connectivity index (χ3n) is 11.2. The van der Waals surface area contributed by atoms with Crippen LogP contribution in [0.3, 0.4) is 0 Å². The van der Waals surface area contributed by atoms with Crippen molar-refractivity contribution in [2.75, 3.05) is 0 Å². The Hall–Kier alpha value is -5.58. The van der Waals surface area contributed by atoms with Crippen molar-refractivity contribution in [3.05, 3.63) is 152 Å². The van der Waals surface area contributed by atoms with Crippen LogP contribution in [0, 0.1) is 0 Å². The fourth-order valence-electron chi connectivity index (χ4n) is 8.23. The number of benzene rings is 4. The Morgan fingerprint density at radius 1 is 0.439 bits per heavy atom. The maximum atomic E-state index is 6.30. The fraction of sp³-hybridized carbons (Fsp3) is 0.191. The Balaban J connectivity index is 1.13. The van der Waals surface area contributed by atoms with E-state index in [1.54, 1.807) is 0 Å². The molecule has 0 unspecified atom stereocenters. The summed E-state index contributed by atoms with van der Waals surface area (Å²) in [4.78, 5) is 10.6. The predicted molar refractivity (Wildman–Crippen MR) is 229 cm³/mol. The third-order valence-corrected chi connectivity index (χ3v) is 12.2. The lowest BCUT2D eigenvalue weighted by Gasteiger charge is -2.30. The van der Waals surface area contributed by atoms with Gasteiger partial charge in [0.05, 0.1) is 16.8 Å². The summed E-state index contributed by atoms with van der Waals surface area (Å²) in [5.41, 5.74) is 12.7. The third kappa shape index (κ3) is 5.67. The smallest absolute Gasteiger partial charge is 0.266 e. The van der Waals surface area contributed by atoms with Crippen molar-refractivity contribution in [2.45, 2.75) is 57.8 Å². The van der Waals surface area contributed by atoms with Crippen LogP contribution in [0.2, 0.25) is 0 Å². The first-order chi connectivity index (χ1) is 27.3. The fourth-order valence-corrected chi connectivity index (χ4v) is 8.95. The standard InChI is InChI=1S/C47H36Br2N6O2/c1-45(2,3)27-11-7-25(8-12-27)41-52-54-43(56-41)37-21-19-33-39(50-37)40-34(47(33)35-23-29(48)15-17-31(35)32-18-16-30(49)24-36(32)47)20-22-38(51-40)44-55-53-42(57-44)26-9-13-28(14-10-26)46(4,5)6/h7-24H,1-6H3. The van der Waals surface area contributed by atoms with Crippen LogP contribution in [0.15, 0.2) is 127 Å². The summed E-state index contributed by atoms with van der Waals surface area (Å²) < 4.78 is 14.6. The molecule has 0 saturated carbocycles. The van der Waals surface area contributed by atoms with Crippen molar-refractivity contribution in [1.82, 2.24) is 30.4 Å². The maximum absolute atomic E-state index is 6.30. The molecule has 2 aliphatic carbocycles. The minimum Gasteiger partial charge on any atom is -0.415 e. The monoisotopic (exact) mass is 874 g/mol. The van der Waals surface area contributed by atoms with Crippen molar-refractivity contribution in [3.8, 4) is 68.6 Å². The van der Waals surface area contributed by atoms with Gasteiger partial charge in [-0.25, -0.2) is 9.97 Å². The van der Waals surface area contributed by atoms with E-state index in [2.05, 4.69) is 167 Å². The summed E-state index contributed by atoms with van der Waals surface area (Å²) >= 11 is 7.59. The Bertz CT molecular complexity index is 2700. The normalized spacial score (nSPS) is 13.8. The van der Waals surface area contributed by atoms with Gasteiger partial charge in [-0.3, -0.25) is 0 Å². The first-order valence-corrected chi connectivity index (χ1v) is 20.4. The molecule has 0 atom stereocenters. The first kappa shape index (κ1) is 35.8. The van der Waals surface area contributed by atoms with Crippen molar-refractivity contribution in [1.29, 1.82) is 0 Å². The Labute approximate surface area is 347 Å². The van der Waals surface area contributed by atoms with Gasteiger partial charge in [-0.15, -0.1) is 20.4 Å². The zero-order chi connectivity index (χ0) is 39.4. The number of nitrogens with zero attached hydrogens (tertiary/aromatic N) is 6. The topological polar surface area (TPSA) is 104 Å². The van der Waals surface area contributed by atoms with Crippen molar-refractivity contribution in [2.24, 2.45) is 0 Å². The number of hydrogen-bond acceptors (Lipinski definition) is 8. The van der Waals surface area contributed by atoms with E-state index in [1.807, 2.05) is 36.4 Å². The molecule has 4 aromatic carbocycles. The Morgan fingerprint density at radius 2 is 0.825 bits per heavy atom. The van der Waals surface area contributed by atoms with Crippen LogP contribution >= 0.6 is 31.9 Å². The molecule has 0 bridgehead atoms. The molecule has 8 nitrogen and oxygen atoms in total. The molecular weight excluding hydrogens is 840 g/mol. The Morgan fingerprint density at radius 3 is 1.21 bits per heavy atom. The number of halogens is 2. The van der Waals surface area contributed by atoms with E-state index in [0.717, 1.165) is 64.8 Å². The number of hydrogen-bond donors (Lipinski definition) is 0. The van der Waals surface area contributed by atoms with Gasteiger partial charge in [-0.2, -0.15) is 0 Å². The van der Waals surface area contributed by atoms with Crippen LogP contribution in [0.5, 0.6) is 0 Å². The molecule has 8 aromatic rings. The van der Waals surface area contributed by atoms with Gasteiger partial charge in [0.1, 0.15) is 11.4 Å². The van der Waals surface area contributed by atoms with Gasteiger partial charge in [-0.05, 0) is 116 Å². The zero-order valence-electron chi connectivity index (χ0n) is 32.1. The summed E-state index contributed by atoms with van der Waals surface area (Å²) in [6.45, 7) is 13.2. The van der Waals surface area contributed by atoms with Crippen molar-refractivity contribution >= 4 is 31.9 Å². The second-order valence-corrected chi connectivity index (χ2v) is 18.6. The highest BCUT2D eigenvalue weighted by Crippen LogP contribution is 2.63.